The molecule has 0 bridgehead atoms. The van der Waals surface area contributed by atoms with Gasteiger partial charge < -0.3 is 0 Å². The van der Waals surface area contributed by atoms with E-state index in [0.717, 1.165) is 45.2 Å². The fraction of sp³-hybridized carbons (Fsp3) is 0.824. The van der Waals surface area contributed by atoms with E-state index in [1.165, 1.54) is 5.56 Å². The highest BCUT2D eigenvalue weighted by Gasteiger charge is 2.45. The molecule has 118 valence electrons. The molecule has 3 rings (SSSR count). The van der Waals surface area contributed by atoms with Crippen molar-refractivity contribution in [2.45, 2.75) is 64.1 Å². The lowest BCUT2D eigenvalue weighted by atomic mass is 9.89. The minimum atomic E-state index is -0.857. The monoisotopic (exact) mass is 293 g/mol. The third kappa shape index (κ3) is 3.47. The van der Waals surface area contributed by atoms with Gasteiger partial charge in [0.25, 0.3) is 0 Å². The summed E-state index contributed by atoms with van der Waals surface area (Å²) in [5.74, 6) is 0.664. The normalized spacial score (nSPS) is 24.4. The van der Waals surface area contributed by atoms with E-state index in [2.05, 4.69) is 41.6 Å². The first-order valence-electron chi connectivity index (χ1n) is 8.34. The SMILES string of the molecule is CC(C)Cc1cnn(C2(C)CCN(CC3(F)CC3)CC2)c1. The highest BCUT2D eigenvalue weighted by Crippen LogP contribution is 2.41. The van der Waals surface area contributed by atoms with E-state index < -0.39 is 5.67 Å². The molecule has 1 aromatic rings. The summed E-state index contributed by atoms with van der Waals surface area (Å²) in [6, 6.07) is 0. The van der Waals surface area contributed by atoms with E-state index in [1.807, 2.05) is 6.20 Å². The van der Waals surface area contributed by atoms with E-state index in [4.69, 9.17) is 0 Å². The fourth-order valence-corrected chi connectivity index (χ4v) is 3.35. The molecule has 1 aliphatic carbocycles. The van der Waals surface area contributed by atoms with Gasteiger partial charge in [0.1, 0.15) is 5.67 Å². The summed E-state index contributed by atoms with van der Waals surface area (Å²) in [5.41, 5.74) is 0.567. The summed E-state index contributed by atoms with van der Waals surface area (Å²) in [6.45, 7) is 9.38. The number of rotatable bonds is 5. The van der Waals surface area contributed by atoms with Crippen molar-refractivity contribution in [3.8, 4) is 0 Å². The third-order valence-electron chi connectivity index (χ3n) is 5.07. The van der Waals surface area contributed by atoms with Gasteiger partial charge in [-0.05, 0) is 50.5 Å². The number of aromatic nitrogens is 2. The Hall–Kier alpha value is -0.900. The first-order valence-corrected chi connectivity index (χ1v) is 8.34. The van der Waals surface area contributed by atoms with Gasteiger partial charge in [-0.2, -0.15) is 5.10 Å². The van der Waals surface area contributed by atoms with Crippen molar-refractivity contribution in [2.75, 3.05) is 19.6 Å². The van der Waals surface area contributed by atoms with Gasteiger partial charge in [-0.15, -0.1) is 0 Å². The van der Waals surface area contributed by atoms with Crippen molar-refractivity contribution in [1.82, 2.24) is 14.7 Å². The molecule has 1 aliphatic heterocycles. The summed E-state index contributed by atoms with van der Waals surface area (Å²) in [5, 5.41) is 4.60. The van der Waals surface area contributed by atoms with E-state index >= 15 is 0 Å². The summed E-state index contributed by atoms with van der Waals surface area (Å²) < 4.78 is 16.0. The van der Waals surface area contributed by atoms with Crippen LogP contribution in [-0.2, 0) is 12.0 Å². The van der Waals surface area contributed by atoms with Crippen LogP contribution in [0.3, 0.4) is 0 Å². The van der Waals surface area contributed by atoms with Crippen molar-refractivity contribution in [2.24, 2.45) is 5.92 Å². The van der Waals surface area contributed by atoms with E-state index in [-0.39, 0.29) is 5.54 Å². The second-order valence-electron chi connectivity index (χ2n) is 7.82. The Kier molecular flexibility index (Phi) is 3.85. The Morgan fingerprint density at radius 3 is 2.48 bits per heavy atom. The number of alkyl halides is 1. The highest BCUT2D eigenvalue weighted by atomic mass is 19.1. The van der Waals surface area contributed by atoms with Crippen LogP contribution >= 0.6 is 0 Å². The van der Waals surface area contributed by atoms with Crippen LogP contribution in [0.1, 0.15) is 52.0 Å². The minimum Gasteiger partial charge on any atom is -0.300 e. The molecule has 0 spiro atoms. The Balaban J connectivity index is 1.59. The number of nitrogens with zero attached hydrogens (tertiary/aromatic N) is 3. The molecule has 4 heteroatoms. The van der Waals surface area contributed by atoms with Gasteiger partial charge in [0, 0.05) is 25.8 Å². The molecule has 1 saturated heterocycles. The van der Waals surface area contributed by atoms with Gasteiger partial charge >= 0.3 is 0 Å². The zero-order chi connectivity index (χ0) is 15.1. The molecule has 0 radical (unpaired) electrons. The van der Waals surface area contributed by atoms with Crippen molar-refractivity contribution in [3.05, 3.63) is 18.0 Å². The van der Waals surface area contributed by atoms with Gasteiger partial charge in [-0.3, -0.25) is 9.58 Å². The maximum Gasteiger partial charge on any atom is 0.123 e. The maximum absolute atomic E-state index is 13.9. The maximum atomic E-state index is 13.9. The van der Waals surface area contributed by atoms with Crippen LogP contribution in [0.2, 0.25) is 0 Å². The molecule has 2 aliphatic rings. The minimum absolute atomic E-state index is 0.0960. The third-order valence-corrected chi connectivity index (χ3v) is 5.07. The van der Waals surface area contributed by atoms with Crippen LogP contribution in [-0.4, -0.2) is 40.0 Å². The molecule has 1 saturated carbocycles. The summed E-state index contributed by atoms with van der Waals surface area (Å²) in [4.78, 5) is 2.30. The molecule has 0 unspecified atom stereocenters. The van der Waals surface area contributed by atoms with Crippen molar-refractivity contribution >= 4 is 0 Å². The molecule has 2 heterocycles. The molecule has 0 aromatic carbocycles. The topological polar surface area (TPSA) is 21.1 Å². The quantitative estimate of drug-likeness (QED) is 0.829. The van der Waals surface area contributed by atoms with E-state index in [0.29, 0.717) is 12.5 Å². The van der Waals surface area contributed by atoms with Gasteiger partial charge in [-0.1, -0.05) is 13.8 Å². The highest BCUT2D eigenvalue weighted by molar-refractivity contribution is 5.07. The average Bonchev–Trinajstić information content (AvgIpc) is 2.95. The summed E-state index contributed by atoms with van der Waals surface area (Å²) in [6.07, 6.45) is 8.97. The predicted molar refractivity (Wildman–Crippen MR) is 83.2 cm³/mol. The largest absolute Gasteiger partial charge is 0.300 e. The lowest BCUT2D eigenvalue weighted by Crippen LogP contribution is -2.46. The average molecular weight is 293 g/mol. The van der Waals surface area contributed by atoms with E-state index in [9.17, 15) is 4.39 Å². The smallest absolute Gasteiger partial charge is 0.123 e. The molecular weight excluding hydrogens is 265 g/mol. The van der Waals surface area contributed by atoms with Crippen LogP contribution < -0.4 is 0 Å². The van der Waals surface area contributed by atoms with Gasteiger partial charge in [0.05, 0.1) is 11.7 Å². The van der Waals surface area contributed by atoms with Crippen LogP contribution in [0.15, 0.2) is 12.4 Å². The van der Waals surface area contributed by atoms with Crippen molar-refractivity contribution < 1.29 is 4.39 Å². The standard InChI is InChI=1S/C17H28FN3/c1-14(2)10-15-11-19-21(12-15)16(3)6-8-20(9-7-16)13-17(18)4-5-17/h11-12,14H,4-10,13H2,1-3H3. The lowest BCUT2D eigenvalue weighted by Gasteiger charge is -2.40. The van der Waals surface area contributed by atoms with Crippen LogP contribution in [0.25, 0.3) is 0 Å². The van der Waals surface area contributed by atoms with Gasteiger partial charge in [-0.25, -0.2) is 4.39 Å². The number of likely N-dealkylation sites (tertiary alicyclic amines) is 1. The number of piperidine rings is 1. The van der Waals surface area contributed by atoms with E-state index in [1.54, 1.807) is 0 Å². The second kappa shape index (κ2) is 5.38. The first kappa shape index (κ1) is 15.0. The molecule has 0 atom stereocenters. The summed E-state index contributed by atoms with van der Waals surface area (Å²) in [7, 11) is 0. The molecule has 0 N–H and O–H groups in total. The molecule has 21 heavy (non-hydrogen) atoms. The molecule has 2 fully saturated rings. The van der Waals surface area contributed by atoms with Gasteiger partial charge in [0.2, 0.25) is 0 Å². The Labute approximate surface area is 127 Å². The van der Waals surface area contributed by atoms with Gasteiger partial charge in [0.15, 0.2) is 0 Å². The lowest BCUT2D eigenvalue weighted by molar-refractivity contribution is 0.0861. The number of hydrogen-bond donors (Lipinski definition) is 0. The Bertz CT molecular complexity index is 482. The zero-order valence-electron chi connectivity index (χ0n) is 13.6. The van der Waals surface area contributed by atoms with Crippen LogP contribution in [0.5, 0.6) is 0 Å². The molecular formula is C17H28FN3. The predicted octanol–water partition coefficient (Wildman–Crippen LogP) is 3.39. The Morgan fingerprint density at radius 2 is 1.90 bits per heavy atom. The van der Waals surface area contributed by atoms with Crippen LogP contribution in [0, 0.1) is 5.92 Å². The zero-order valence-corrected chi connectivity index (χ0v) is 13.6. The van der Waals surface area contributed by atoms with Crippen LogP contribution in [0.4, 0.5) is 4.39 Å². The molecule has 3 nitrogen and oxygen atoms in total. The fourth-order valence-electron chi connectivity index (χ4n) is 3.35. The number of halogens is 1. The van der Waals surface area contributed by atoms with Crippen molar-refractivity contribution in [1.29, 1.82) is 0 Å². The number of hydrogen-bond acceptors (Lipinski definition) is 2. The molecule has 1 aromatic heterocycles. The molecule has 0 amide bonds. The second-order valence-corrected chi connectivity index (χ2v) is 7.82. The van der Waals surface area contributed by atoms with Crippen molar-refractivity contribution in [3.63, 3.8) is 0 Å². The Morgan fingerprint density at radius 1 is 1.24 bits per heavy atom. The summed E-state index contributed by atoms with van der Waals surface area (Å²) >= 11 is 0. The first-order chi connectivity index (χ1) is 9.89.